The first-order valence-corrected chi connectivity index (χ1v) is 6.31. The van der Waals surface area contributed by atoms with Crippen LogP contribution in [0.1, 0.15) is 11.1 Å². The molecule has 0 unspecified atom stereocenters. The van der Waals surface area contributed by atoms with Gasteiger partial charge in [-0.25, -0.2) is 0 Å². The summed E-state index contributed by atoms with van der Waals surface area (Å²) in [5.74, 6) is 0.839. The largest absolute Gasteiger partial charge is 0.497 e. The van der Waals surface area contributed by atoms with E-state index in [2.05, 4.69) is 0 Å². The summed E-state index contributed by atoms with van der Waals surface area (Å²) >= 11 is 5.84. The molecule has 100 valence electrons. The van der Waals surface area contributed by atoms with Crippen LogP contribution in [0.15, 0.2) is 42.5 Å². The Hall–Kier alpha value is -1.71. The Morgan fingerprint density at radius 3 is 2.42 bits per heavy atom. The molecule has 0 aliphatic carbocycles. The first-order chi connectivity index (χ1) is 9.19. The van der Waals surface area contributed by atoms with Gasteiger partial charge in [0, 0.05) is 16.3 Å². The van der Waals surface area contributed by atoms with Crippen molar-refractivity contribution in [1.82, 2.24) is 0 Å². The maximum absolute atomic E-state index is 5.86. The summed E-state index contributed by atoms with van der Waals surface area (Å²) in [6.45, 7) is 1.00. The number of anilines is 1. The topological polar surface area (TPSA) is 44.5 Å². The van der Waals surface area contributed by atoms with Crippen molar-refractivity contribution in [3.63, 3.8) is 0 Å². The zero-order valence-corrected chi connectivity index (χ0v) is 11.5. The number of nitrogens with two attached hydrogens (primary N) is 1. The SMILES string of the molecule is COc1ccc(COCc2ccc(Cl)cc2N)cc1. The van der Waals surface area contributed by atoms with Crippen LogP contribution in [0, 0.1) is 0 Å². The Morgan fingerprint density at radius 1 is 1.05 bits per heavy atom. The molecule has 0 bridgehead atoms. The number of hydrogen-bond donors (Lipinski definition) is 1. The molecule has 0 radical (unpaired) electrons. The first kappa shape index (κ1) is 13.7. The second kappa shape index (κ2) is 6.45. The molecule has 0 spiro atoms. The highest BCUT2D eigenvalue weighted by molar-refractivity contribution is 6.30. The summed E-state index contributed by atoms with van der Waals surface area (Å²) in [5.41, 5.74) is 8.55. The highest BCUT2D eigenvalue weighted by Crippen LogP contribution is 2.19. The van der Waals surface area contributed by atoms with Gasteiger partial charge < -0.3 is 15.2 Å². The first-order valence-electron chi connectivity index (χ1n) is 5.93. The number of nitrogen functional groups attached to an aromatic ring is 1. The Bertz CT molecular complexity index is 540. The van der Waals surface area contributed by atoms with Crippen LogP contribution in [0.2, 0.25) is 5.02 Å². The highest BCUT2D eigenvalue weighted by atomic mass is 35.5. The van der Waals surface area contributed by atoms with Gasteiger partial charge in [-0.2, -0.15) is 0 Å². The molecule has 2 rings (SSSR count). The van der Waals surface area contributed by atoms with Crippen LogP contribution < -0.4 is 10.5 Å². The Morgan fingerprint density at radius 2 is 1.79 bits per heavy atom. The van der Waals surface area contributed by atoms with Crippen molar-refractivity contribution in [2.75, 3.05) is 12.8 Å². The minimum absolute atomic E-state index is 0.467. The van der Waals surface area contributed by atoms with Crippen molar-refractivity contribution in [2.45, 2.75) is 13.2 Å². The number of rotatable bonds is 5. The Labute approximate surface area is 117 Å². The molecule has 4 heteroatoms. The number of benzene rings is 2. The number of hydrogen-bond acceptors (Lipinski definition) is 3. The maximum atomic E-state index is 5.86. The smallest absolute Gasteiger partial charge is 0.118 e. The predicted molar refractivity (Wildman–Crippen MR) is 77.4 cm³/mol. The molecule has 0 saturated carbocycles. The van der Waals surface area contributed by atoms with E-state index < -0.39 is 0 Å². The molecule has 2 aromatic rings. The lowest BCUT2D eigenvalue weighted by Gasteiger charge is -2.08. The second-order valence-corrected chi connectivity index (χ2v) is 4.62. The minimum atomic E-state index is 0.467. The number of ether oxygens (including phenoxy) is 2. The molecule has 0 saturated heterocycles. The molecule has 0 atom stereocenters. The fraction of sp³-hybridized carbons (Fsp3) is 0.200. The number of methoxy groups -OCH3 is 1. The normalized spacial score (nSPS) is 10.4. The molecule has 3 nitrogen and oxygen atoms in total. The van der Waals surface area contributed by atoms with Crippen LogP contribution in [0.25, 0.3) is 0 Å². The molecule has 0 aromatic heterocycles. The van der Waals surface area contributed by atoms with Gasteiger partial charge in [0.15, 0.2) is 0 Å². The maximum Gasteiger partial charge on any atom is 0.118 e. The minimum Gasteiger partial charge on any atom is -0.497 e. The van der Waals surface area contributed by atoms with Crippen molar-refractivity contribution in [2.24, 2.45) is 0 Å². The van der Waals surface area contributed by atoms with E-state index in [1.807, 2.05) is 36.4 Å². The van der Waals surface area contributed by atoms with Crippen molar-refractivity contribution < 1.29 is 9.47 Å². The predicted octanol–water partition coefficient (Wildman–Crippen LogP) is 3.65. The monoisotopic (exact) mass is 277 g/mol. The van der Waals surface area contributed by atoms with E-state index in [4.69, 9.17) is 26.8 Å². The highest BCUT2D eigenvalue weighted by Gasteiger charge is 2.01. The summed E-state index contributed by atoms with van der Waals surface area (Å²) in [6.07, 6.45) is 0. The quantitative estimate of drug-likeness (QED) is 0.849. The molecule has 0 fully saturated rings. The fourth-order valence-electron chi connectivity index (χ4n) is 1.70. The van der Waals surface area contributed by atoms with Gasteiger partial charge in [-0.05, 0) is 29.8 Å². The lowest BCUT2D eigenvalue weighted by atomic mass is 10.2. The second-order valence-electron chi connectivity index (χ2n) is 4.18. The standard InChI is InChI=1S/C15H16ClNO2/c1-18-14-6-2-11(3-7-14)9-19-10-12-4-5-13(16)8-15(12)17/h2-8H,9-10,17H2,1H3. The van der Waals surface area contributed by atoms with Gasteiger partial charge in [-0.1, -0.05) is 29.8 Å². The molecular weight excluding hydrogens is 262 g/mol. The molecule has 2 N–H and O–H groups in total. The van der Waals surface area contributed by atoms with Crippen LogP contribution in [-0.4, -0.2) is 7.11 Å². The zero-order valence-electron chi connectivity index (χ0n) is 10.7. The third-order valence-corrected chi connectivity index (χ3v) is 3.03. The number of halogens is 1. The van der Waals surface area contributed by atoms with Crippen LogP contribution in [0.5, 0.6) is 5.75 Å². The fourth-order valence-corrected chi connectivity index (χ4v) is 1.88. The average molecular weight is 278 g/mol. The zero-order chi connectivity index (χ0) is 13.7. The van der Waals surface area contributed by atoms with Crippen molar-refractivity contribution in [3.05, 3.63) is 58.6 Å². The van der Waals surface area contributed by atoms with Crippen LogP contribution in [0.4, 0.5) is 5.69 Å². The van der Waals surface area contributed by atoms with Crippen LogP contribution >= 0.6 is 11.6 Å². The lowest BCUT2D eigenvalue weighted by Crippen LogP contribution is -1.98. The third kappa shape index (κ3) is 3.88. The van der Waals surface area contributed by atoms with E-state index in [0.717, 1.165) is 16.9 Å². The van der Waals surface area contributed by atoms with E-state index >= 15 is 0 Å². The molecule has 0 amide bonds. The summed E-state index contributed by atoms with van der Waals surface area (Å²) < 4.78 is 10.7. The van der Waals surface area contributed by atoms with E-state index in [1.165, 1.54) is 0 Å². The lowest BCUT2D eigenvalue weighted by molar-refractivity contribution is 0.107. The molecule has 0 aliphatic heterocycles. The van der Waals surface area contributed by atoms with Crippen molar-refractivity contribution >= 4 is 17.3 Å². The van der Waals surface area contributed by atoms with Gasteiger partial charge in [-0.15, -0.1) is 0 Å². The summed E-state index contributed by atoms with van der Waals surface area (Å²) in [4.78, 5) is 0. The summed E-state index contributed by atoms with van der Waals surface area (Å²) in [6, 6.07) is 13.2. The van der Waals surface area contributed by atoms with E-state index in [9.17, 15) is 0 Å². The van der Waals surface area contributed by atoms with Gasteiger partial charge in [0.1, 0.15) is 5.75 Å². The third-order valence-electron chi connectivity index (χ3n) is 2.79. The van der Waals surface area contributed by atoms with E-state index in [-0.39, 0.29) is 0 Å². The molecular formula is C15H16ClNO2. The molecule has 0 heterocycles. The van der Waals surface area contributed by atoms with Crippen molar-refractivity contribution in [3.8, 4) is 5.75 Å². The Kier molecular flexibility index (Phi) is 4.66. The summed E-state index contributed by atoms with van der Waals surface area (Å²) in [5, 5.41) is 0.636. The Balaban J connectivity index is 1.88. The van der Waals surface area contributed by atoms with Gasteiger partial charge in [-0.3, -0.25) is 0 Å². The molecule has 19 heavy (non-hydrogen) atoms. The van der Waals surface area contributed by atoms with Gasteiger partial charge in [0.2, 0.25) is 0 Å². The van der Waals surface area contributed by atoms with Gasteiger partial charge in [0.25, 0.3) is 0 Å². The van der Waals surface area contributed by atoms with E-state index in [1.54, 1.807) is 13.2 Å². The van der Waals surface area contributed by atoms with Crippen LogP contribution in [0.3, 0.4) is 0 Å². The molecule has 2 aromatic carbocycles. The molecule has 0 aliphatic rings. The average Bonchev–Trinajstić information content (AvgIpc) is 2.42. The summed E-state index contributed by atoms with van der Waals surface area (Å²) in [7, 11) is 1.65. The van der Waals surface area contributed by atoms with E-state index in [0.29, 0.717) is 23.9 Å². The van der Waals surface area contributed by atoms with Crippen LogP contribution in [-0.2, 0) is 18.0 Å². The van der Waals surface area contributed by atoms with Crippen molar-refractivity contribution in [1.29, 1.82) is 0 Å². The van der Waals surface area contributed by atoms with Gasteiger partial charge >= 0.3 is 0 Å². The van der Waals surface area contributed by atoms with Gasteiger partial charge in [0.05, 0.1) is 20.3 Å².